The lowest BCUT2D eigenvalue weighted by Crippen LogP contribution is -2.30. The van der Waals surface area contributed by atoms with Crippen molar-refractivity contribution in [2.45, 2.75) is 33.1 Å². The minimum absolute atomic E-state index is 0.0394. The lowest BCUT2D eigenvalue weighted by atomic mass is 9.82. The van der Waals surface area contributed by atoms with Crippen LogP contribution in [0.5, 0.6) is 0 Å². The van der Waals surface area contributed by atoms with Crippen LogP contribution in [0.25, 0.3) is 0 Å². The van der Waals surface area contributed by atoms with E-state index in [4.69, 9.17) is 4.74 Å². The maximum atomic E-state index is 11.3. The van der Waals surface area contributed by atoms with Crippen LogP contribution in [0.1, 0.15) is 33.1 Å². The van der Waals surface area contributed by atoms with Gasteiger partial charge in [0.25, 0.3) is 0 Å². The monoisotopic (exact) mass is 156 g/mol. The summed E-state index contributed by atoms with van der Waals surface area (Å²) in [5, 5.41) is 0. The van der Waals surface area contributed by atoms with Crippen molar-refractivity contribution >= 4 is 5.97 Å². The zero-order valence-electron chi connectivity index (χ0n) is 7.52. The second kappa shape index (κ2) is 2.84. The third kappa shape index (κ3) is 1.39. The van der Waals surface area contributed by atoms with E-state index in [0.29, 0.717) is 5.92 Å². The van der Waals surface area contributed by atoms with E-state index in [1.807, 2.05) is 6.92 Å². The quantitative estimate of drug-likeness (QED) is 0.584. The molecule has 1 saturated carbocycles. The summed E-state index contributed by atoms with van der Waals surface area (Å²) < 4.78 is 4.77. The molecule has 0 aromatic rings. The Balaban J connectivity index is 2.64. The Morgan fingerprint density at radius 2 is 2.18 bits per heavy atom. The van der Waals surface area contributed by atoms with E-state index in [9.17, 15) is 4.79 Å². The fourth-order valence-corrected chi connectivity index (χ4v) is 1.55. The van der Waals surface area contributed by atoms with E-state index in [1.54, 1.807) is 0 Å². The minimum atomic E-state index is -0.200. The van der Waals surface area contributed by atoms with E-state index in [1.165, 1.54) is 20.0 Å². The highest BCUT2D eigenvalue weighted by Crippen LogP contribution is 2.48. The number of carbonyl (C=O) groups is 1. The van der Waals surface area contributed by atoms with Crippen molar-refractivity contribution in [1.82, 2.24) is 0 Å². The van der Waals surface area contributed by atoms with E-state index >= 15 is 0 Å². The molecule has 0 aliphatic heterocycles. The van der Waals surface area contributed by atoms with Gasteiger partial charge in [0.05, 0.1) is 12.5 Å². The van der Waals surface area contributed by atoms with Crippen LogP contribution in [0, 0.1) is 11.3 Å². The standard InChI is InChI=1S/C9H16O2/c1-4-9(2,7-5-6-7)8(10)11-3/h7H,4-6H2,1-3H3. The van der Waals surface area contributed by atoms with Crippen molar-refractivity contribution < 1.29 is 9.53 Å². The first kappa shape index (κ1) is 8.57. The SMILES string of the molecule is CCC(C)(C(=O)OC)C1CC1. The van der Waals surface area contributed by atoms with Crippen LogP contribution in [0.2, 0.25) is 0 Å². The molecular formula is C9H16O2. The smallest absolute Gasteiger partial charge is 0.311 e. The van der Waals surface area contributed by atoms with Crippen LogP contribution in [-0.4, -0.2) is 13.1 Å². The molecule has 1 fully saturated rings. The third-order valence-corrected chi connectivity index (χ3v) is 2.86. The average Bonchev–Trinajstić information content (AvgIpc) is 2.84. The Morgan fingerprint density at radius 3 is 2.45 bits per heavy atom. The molecule has 0 N–H and O–H groups in total. The van der Waals surface area contributed by atoms with Crippen LogP contribution in [0.4, 0.5) is 0 Å². The van der Waals surface area contributed by atoms with Crippen LogP contribution < -0.4 is 0 Å². The van der Waals surface area contributed by atoms with Gasteiger partial charge in [-0.15, -0.1) is 0 Å². The van der Waals surface area contributed by atoms with Gasteiger partial charge in [-0.1, -0.05) is 6.92 Å². The number of hydrogen-bond donors (Lipinski definition) is 0. The highest BCUT2D eigenvalue weighted by atomic mass is 16.5. The summed E-state index contributed by atoms with van der Waals surface area (Å²) in [5.74, 6) is 0.544. The largest absolute Gasteiger partial charge is 0.469 e. The third-order valence-electron chi connectivity index (χ3n) is 2.86. The number of carbonyl (C=O) groups excluding carboxylic acids is 1. The van der Waals surface area contributed by atoms with E-state index < -0.39 is 0 Å². The van der Waals surface area contributed by atoms with Gasteiger partial charge in [-0.05, 0) is 32.1 Å². The summed E-state index contributed by atoms with van der Waals surface area (Å²) in [6.45, 7) is 4.06. The number of ether oxygens (including phenoxy) is 1. The summed E-state index contributed by atoms with van der Waals surface area (Å²) in [7, 11) is 1.47. The first-order valence-corrected chi connectivity index (χ1v) is 4.23. The summed E-state index contributed by atoms with van der Waals surface area (Å²) in [6.07, 6.45) is 3.28. The summed E-state index contributed by atoms with van der Waals surface area (Å²) in [6, 6.07) is 0. The van der Waals surface area contributed by atoms with E-state index in [2.05, 4.69) is 6.92 Å². The second-order valence-electron chi connectivity index (χ2n) is 3.54. The normalized spacial score (nSPS) is 22.5. The van der Waals surface area contributed by atoms with Crippen molar-refractivity contribution in [3.63, 3.8) is 0 Å². The van der Waals surface area contributed by atoms with Crippen LogP contribution >= 0.6 is 0 Å². The molecule has 0 amide bonds. The molecule has 2 nitrogen and oxygen atoms in total. The fourth-order valence-electron chi connectivity index (χ4n) is 1.55. The van der Waals surface area contributed by atoms with Gasteiger partial charge in [-0.25, -0.2) is 0 Å². The number of methoxy groups -OCH3 is 1. The van der Waals surface area contributed by atoms with E-state index in [-0.39, 0.29) is 11.4 Å². The predicted molar refractivity (Wildman–Crippen MR) is 43.1 cm³/mol. The zero-order chi connectivity index (χ0) is 8.48. The molecule has 0 saturated heterocycles. The van der Waals surface area contributed by atoms with Gasteiger partial charge >= 0.3 is 5.97 Å². The maximum absolute atomic E-state index is 11.3. The van der Waals surface area contributed by atoms with Gasteiger partial charge in [-0.3, -0.25) is 4.79 Å². The molecular weight excluding hydrogens is 140 g/mol. The first-order chi connectivity index (χ1) is 5.15. The molecule has 0 aromatic carbocycles. The van der Waals surface area contributed by atoms with Crippen molar-refractivity contribution in [1.29, 1.82) is 0 Å². The van der Waals surface area contributed by atoms with Crippen molar-refractivity contribution in [2.24, 2.45) is 11.3 Å². The molecule has 1 aliphatic rings. The van der Waals surface area contributed by atoms with Crippen molar-refractivity contribution in [2.75, 3.05) is 7.11 Å². The zero-order valence-corrected chi connectivity index (χ0v) is 7.52. The molecule has 0 aromatic heterocycles. The molecule has 11 heavy (non-hydrogen) atoms. The molecule has 0 bridgehead atoms. The Kier molecular flexibility index (Phi) is 2.21. The Labute approximate surface area is 67.9 Å². The first-order valence-electron chi connectivity index (χ1n) is 4.23. The Hall–Kier alpha value is -0.530. The molecule has 1 atom stereocenters. The van der Waals surface area contributed by atoms with Gasteiger partial charge in [0.15, 0.2) is 0 Å². The van der Waals surface area contributed by atoms with E-state index in [0.717, 1.165) is 6.42 Å². The highest BCUT2D eigenvalue weighted by molar-refractivity contribution is 5.77. The topological polar surface area (TPSA) is 26.3 Å². The van der Waals surface area contributed by atoms with Gasteiger partial charge in [-0.2, -0.15) is 0 Å². The predicted octanol–water partition coefficient (Wildman–Crippen LogP) is 1.99. The molecule has 0 heterocycles. The van der Waals surface area contributed by atoms with Gasteiger partial charge in [0.2, 0.25) is 0 Å². The fraction of sp³-hybridized carbons (Fsp3) is 0.889. The van der Waals surface area contributed by atoms with Gasteiger partial charge in [0.1, 0.15) is 0 Å². The number of rotatable bonds is 3. The number of esters is 1. The summed E-state index contributed by atoms with van der Waals surface area (Å²) in [4.78, 5) is 11.3. The Bertz CT molecular complexity index is 161. The van der Waals surface area contributed by atoms with Crippen molar-refractivity contribution in [3.8, 4) is 0 Å². The Morgan fingerprint density at radius 1 is 1.64 bits per heavy atom. The molecule has 1 unspecified atom stereocenters. The lowest BCUT2D eigenvalue weighted by molar-refractivity contribution is -0.153. The molecule has 0 radical (unpaired) electrons. The van der Waals surface area contributed by atoms with Crippen LogP contribution in [0.3, 0.4) is 0 Å². The summed E-state index contributed by atoms with van der Waals surface area (Å²) in [5.41, 5.74) is -0.200. The van der Waals surface area contributed by atoms with Crippen molar-refractivity contribution in [3.05, 3.63) is 0 Å². The molecule has 64 valence electrons. The molecule has 1 aliphatic carbocycles. The van der Waals surface area contributed by atoms with Gasteiger partial charge in [0, 0.05) is 0 Å². The highest BCUT2D eigenvalue weighted by Gasteiger charge is 2.46. The minimum Gasteiger partial charge on any atom is -0.469 e. The molecule has 0 spiro atoms. The summed E-state index contributed by atoms with van der Waals surface area (Å²) >= 11 is 0. The van der Waals surface area contributed by atoms with Crippen LogP contribution in [-0.2, 0) is 9.53 Å². The lowest BCUT2D eigenvalue weighted by Gasteiger charge is -2.24. The maximum Gasteiger partial charge on any atom is 0.311 e. The second-order valence-corrected chi connectivity index (χ2v) is 3.54. The number of hydrogen-bond acceptors (Lipinski definition) is 2. The molecule has 1 rings (SSSR count). The van der Waals surface area contributed by atoms with Gasteiger partial charge < -0.3 is 4.74 Å². The van der Waals surface area contributed by atoms with Crippen LogP contribution in [0.15, 0.2) is 0 Å². The molecule has 2 heteroatoms. The average molecular weight is 156 g/mol.